The number of nitrogens with zero attached hydrogens (tertiary/aromatic N) is 2. The molecule has 2 aromatic carbocycles. The van der Waals surface area contributed by atoms with Crippen LogP contribution in [0.5, 0.6) is 5.75 Å². The first-order chi connectivity index (χ1) is 15.5. The van der Waals surface area contributed by atoms with E-state index in [2.05, 4.69) is 5.32 Å². The van der Waals surface area contributed by atoms with E-state index in [1.54, 1.807) is 12.0 Å². The predicted octanol–water partition coefficient (Wildman–Crippen LogP) is 4.52. The number of methoxy groups -OCH3 is 1. The number of benzene rings is 2. The lowest BCUT2D eigenvalue weighted by Crippen LogP contribution is -2.65. The van der Waals surface area contributed by atoms with E-state index in [9.17, 15) is 9.59 Å². The molecule has 0 radical (unpaired) electrons. The molecule has 3 aromatic rings. The Morgan fingerprint density at radius 2 is 1.84 bits per heavy atom. The molecule has 2 aliphatic rings. The number of fused-ring (bicyclic) bond motifs is 3. The Morgan fingerprint density at radius 3 is 2.62 bits per heavy atom. The lowest BCUT2D eigenvalue weighted by Gasteiger charge is -2.44. The fraction of sp³-hybridized carbons (Fsp3) is 0.385. The second kappa shape index (κ2) is 8.01. The van der Waals surface area contributed by atoms with Crippen LogP contribution in [0.1, 0.15) is 49.5 Å². The van der Waals surface area contributed by atoms with Crippen LogP contribution in [0.2, 0.25) is 0 Å². The van der Waals surface area contributed by atoms with Gasteiger partial charge in [-0.3, -0.25) is 14.5 Å². The third-order valence-corrected chi connectivity index (χ3v) is 6.93. The zero-order chi connectivity index (χ0) is 22.3. The van der Waals surface area contributed by atoms with Gasteiger partial charge in [0.05, 0.1) is 13.7 Å². The Hall–Kier alpha value is -3.28. The van der Waals surface area contributed by atoms with Gasteiger partial charge in [-0.05, 0) is 44.0 Å². The molecule has 1 aliphatic carbocycles. The van der Waals surface area contributed by atoms with E-state index in [0.717, 1.165) is 36.6 Å². The maximum atomic E-state index is 13.9. The summed E-state index contributed by atoms with van der Waals surface area (Å²) in [7, 11) is 1.60. The highest BCUT2D eigenvalue weighted by atomic mass is 16.5. The molecule has 6 heteroatoms. The highest BCUT2D eigenvalue weighted by Crippen LogP contribution is 2.37. The van der Waals surface area contributed by atoms with E-state index >= 15 is 0 Å². The normalized spacial score (nSPS) is 21.4. The summed E-state index contributed by atoms with van der Waals surface area (Å²) in [5.74, 6) is 0.363. The highest BCUT2D eigenvalue weighted by Gasteiger charge is 2.49. The van der Waals surface area contributed by atoms with Crippen molar-refractivity contribution in [2.75, 3.05) is 12.0 Å². The van der Waals surface area contributed by atoms with Gasteiger partial charge in [0.1, 0.15) is 17.0 Å². The number of amides is 2. The summed E-state index contributed by atoms with van der Waals surface area (Å²) in [5.41, 5.74) is 1.15. The minimum Gasteiger partial charge on any atom is -0.497 e. The van der Waals surface area contributed by atoms with E-state index in [1.165, 1.54) is 6.42 Å². The van der Waals surface area contributed by atoms with Crippen LogP contribution >= 0.6 is 0 Å². The van der Waals surface area contributed by atoms with Crippen molar-refractivity contribution in [3.8, 4) is 5.75 Å². The molecule has 6 nitrogen and oxygen atoms in total. The standard InChI is InChI=1S/C26H29N3O3/c1-26(25(31)27-19-10-4-3-5-11-19)17-28-22-14-7-6-9-18(22)15-23(28)24(30)29(26)20-12-8-13-21(16-20)32-2/h6-9,12-16,19H,3-5,10-11,17H2,1-2H3,(H,27,31)/t26-/m0/s1. The first-order valence-electron chi connectivity index (χ1n) is 11.4. The van der Waals surface area contributed by atoms with Gasteiger partial charge in [0.25, 0.3) is 5.91 Å². The van der Waals surface area contributed by atoms with Crippen LogP contribution < -0.4 is 15.0 Å². The van der Waals surface area contributed by atoms with Gasteiger partial charge in [-0.2, -0.15) is 0 Å². The smallest absolute Gasteiger partial charge is 0.275 e. The van der Waals surface area contributed by atoms with Crippen LogP contribution in [-0.4, -0.2) is 35.1 Å². The van der Waals surface area contributed by atoms with Gasteiger partial charge in [-0.1, -0.05) is 43.5 Å². The molecule has 1 N–H and O–H groups in total. The molecule has 1 aliphatic heterocycles. The molecule has 0 spiro atoms. The van der Waals surface area contributed by atoms with Gasteiger partial charge in [0, 0.05) is 28.7 Å². The molecule has 0 unspecified atom stereocenters. The maximum absolute atomic E-state index is 13.9. The Bertz CT molecular complexity index is 1180. The minimum absolute atomic E-state index is 0.107. The van der Waals surface area contributed by atoms with Gasteiger partial charge in [0.15, 0.2) is 0 Å². The summed E-state index contributed by atoms with van der Waals surface area (Å²) < 4.78 is 7.40. The minimum atomic E-state index is -1.07. The van der Waals surface area contributed by atoms with Crippen molar-refractivity contribution in [1.29, 1.82) is 0 Å². The monoisotopic (exact) mass is 431 g/mol. The van der Waals surface area contributed by atoms with Gasteiger partial charge in [-0.25, -0.2) is 0 Å². The number of para-hydroxylation sites is 1. The molecule has 1 aromatic heterocycles. The van der Waals surface area contributed by atoms with E-state index in [4.69, 9.17) is 4.74 Å². The third-order valence-electron chi connectivity index (χ3n) is 6.93. The largest absolute Gasteiger partial charge is 0.497 e. The summed E-state index contributed by atoms with van der Waals surface area (Å²) in [5, 5.41) is 4.27. The van der Waals surface area contributed by atoms with Crippen molar-refractivity contribution in [1.82, 2.24) is 9.88 Å². The van der Waals surface area contributed by atoms with Gasteiger partial charge in [-0.15, -0.1) is 0 Å². The van der Waals surface area contributed by atoms with Gasteiger partial charge < -0.3 is 14.6 Å². The molecule has 0 bridgehead atoms. The Labute approximate surface area is 188 Å². The highest BCUT2D eigenvalue weighted by molar-refractivity contribution is 6.14. The first-order valence-corrected chi connectivity index (χ1v) is 11.4. The molecule has 1 atom stereocenters. The first kappa shape index (κ1) is 20.6. The van der Waals surface area contributed by atoms with Crippen molar-refractivity contribution in [3.05, 3.63) is 60.3 Å². The molecular formula is C26H29N3O3. The van der Waals surface area contributed by atoms with E-state index in [1.807, 2.05) is 66.1 Å². The zero-order valence-corrected chi connectivity index (χ0v) is 18.6. The Balaban J connectivity index is 1.62. The number of carbonyl (C=O) groups is 2. The molecule has 1 saturated carbocycles. The summed E-state index contributed by atoms with van der Waals surface area (Å²) in [6.07, 6.45) is 5.47. The Morgan fingerprint density at radius 1 is 1.06 bits per heavy atom. The lowest BCUT2D eigenvalue weighted by molar-refractivity contribution is -0.127. The molecule has 2 amide bonds. The summed E-state index contributed by atoms with van der Waals surface area (Å²) in [6.45, 7) is 2.26. The van der Waals surface area contributed by atoms with E-state index < -0.39 is 5.54 Å². The SMILES string of the molecule is COc1cccc(N2C(=O)c3cc4ccccc4n3C[C@@]2(C)C(=O)NC2CCCCC2)c1. The summed E-state index contributed by atoms with van der Waals surface area (Å²) in [6, 6.07) is 17.4. The topological polar surface area (TPSA) is 63.6 Å². The summed E-state index contributed by atoms with van der Waals surface area (Å²) >= 11 is 0. The number of hydrogen-bond donors (Lipinski definition) is 1. The van der Waals surface area contributed by atoms with Crippen molar-refractivity contribution in [2.45, 2.75) is 57.2 Å². The fourth-order valence-electron chi connectivity index (χ4n) is 5.19. The lowest BCUT2D eigenvalue weighted by atomic mass is 9.91. The zero-order valence-electron chi connectivity index (χ0n) is 18.6. The quantitative estimate of drug-likeness (QED) is 0.661. The van der Waals surface area contributed by atoms with Crippen LogP contribution in [0.15, 0.2) is 54.6 Å². The third kappa shape index (κ3) is 3.34. The number of carbonyl (C=O) groups excluding carboxylic acids is 2. The summed E-state index contributed by atoms with van der Waals surface area (Å²) in [4.78, 5) is 29.3. The van der Waals surface area contributed by atoms with E-state index in [0.29, 0.717) is 23.7 Å². The van der Waals surface area contributed by atoms with Crippen LogP contribution in [0.25, 0.3) is 10.9 Å². The number of hydrogen-bond acceptors (Lipinski definition) is 3. The molecular weight excluding hydrogens is 402 g/mol. The number of aromatic nitrogens is 1. The van der Waals surface area contributed by atoms with Crippen molar-refractivity contribution < 1.29 is 14.3 Å². The predicted molar refractivity (Wildman–Crippen MR) is 125 cm³/mol. The maximum Gasteiger partial charge on any atom is 0.275 e. The van der Waals surface area contributed by atoms with Crippen LogP contribution in [-0.2, 0) is 11.3 Å². The Kier molecular flexibility index (Phi) is 5.16. The molecule has 166 valence electrons. The van der Waals surface area contributed by atoms with Crippen molar-refractivity contribution >= 4 is 28.4 Å². The van der Waals surface area contributed by atoms with Crippen molar-refractivity contribution in [2.24, 2.45) is 0 Å². The van der Waals surface area contributed by atoms with E-state index in [-0.39, 0.29) is 17.9 Å². The average Bonchev–Trinajstić information content (AvgIpc) is 3.18. The number of rotatable bonds is 4. The van der Waals surface area contributed by atoms with Crippen LogP contribution in [0, 0.1) is 0 Å². The second-order valence-electron chi connectivity index (χ2n) is 9.10. The second-order valence-corrected chi connectivity index (χ2v) is 9.10. The van der Waals surface area contributed by atoms with Crippen molar-refractivity contribution in [3.63, 3.8) is 0 Å². The van der Waals surface area contributed by atoms with Crippen LogP contribution in [0.4, 0.5) is 5.69 Å². The fourth-order valence-corrected chi connectivity index (χ4v) is 5.19. The number of nitrogens with one attached hydrogen (secondary N) is 1. The molecule has 2 heterocycles. The molecule has 0 saturated heterocycles. The molecule has 5 rings (SSSR count). The average molecular weight is 432 g/mol. The number of ether oxygens (including phenoxy) is 1. The molecule has 1 fully saturated rings. The van der Waals surface area contributed by atoms with Gasteiger partial charge >= 0.3 is 0 Å². The van der Waals surface area contributed by atoms with Gasteiger partial charge in [0.2, 0.25) is 5.91 Å². The molecule has 32 heavy (non-hydrogen) atoms. The van der Waals surface area contributed by atoms with Crippen LogP contribution in [0.3, 0.4) is 0 Å². The number of anilines is 1.